The first-order chi connectivity index (χ1) is 7.26. The second-order valence-corrected chi connectivity index (χ2v) is 3.23. The monoisotopic (exact) mass is 206 g/mol. The molecule has 0 aliphatic carbocycles. The van der Waals surface area contributed by atoms with Gasteiger partial charge in [-0.15, -0.1) is 0 Å². The molecule has 0 fully saturated rings. The second-order valence-electron chi connectivity index (χ2n) is 3.23. The van der Waals surface area contributed by atoms with Crippen LogP contribution in [0.4, 0.5) is 0 Å². The summed E-state index contributed by atoms with van der Waals surface area (Å²) in [6.45, 7) is -0.0259. The fourth-order valence-corrected chi connectivity index (χ4v) is 1.31. The van der Waals surface area contributed by atoms with E-state index in [9.17, 15) is 9.59 Å². The molecule has 1 rings (SSSR count). The predicted octanol–water partition coefficient (Wildman–Crippen LogP) is 0.803. The number of hydroxylamine groups is 2. The Balaban J connectivity index is 2.54. The van der Waals surface area contributed by atoms with E-state index in [1.807, 2.05) is 30.3 Å². The van der Waals surface area contributed by atoms with Gasteiger partial charge in [-0.25, -0.2) is 5.06 Å². The Morgan fingerprint density at radius 2 is 2.07 bits per heavy atom. The summed E-state index contributed by atoms with van der Waals surface area (Å²) >= 11 is 0. The topological polar surface area (TPSA) is 57.6 Å². The number of hydrogen-bond donors (Lipinski definition) is 1. The van der Waals surface area contributed by atoms with Gasteiger partial charge in [-0.3, -0.25) is 14.8 Å². The van der Waals surface area contributed by atoms with Crippen molar-refractivity contribution in [3.8, 4) is 0 Å². The highest BCUT2D eigenvalue weighted by molar-refractivity contribution is 5.57. The first-order valence-corrected chi connectivity index (χ1v) is 4.58. The van der Waals surface area contributed by atoms with Gasteiger partial charge in [-0.05, 0) is 12.0 Å². The number of benzene rings is 1. The maximum absolute atomic E-state index is 10.6. The molecule has 1 atom stereocenters. The summed E-state index contributed by atoms with van der Waals surface area (Å²) in [6.07, 6.45) is 2.55. The minimum Gasteiger partial charge on any atom is -0.290 e. The Kier molecular flexibility index (Phi) is 4.50. The SMILES string of the molecule is O=[C]C(Cc1ccccc1)CN(O)C=O. The first-order valence-electron chi connectivity index (χ1n) is 4.58. The van der Waals surface area contributed by atoms with Crippen LogP contribution in [0, 0.1) is 5.92 Å². The number of carbonyl (C=O) groups excluding carboxylic acids is 2. The number of hydrogen-bond acceptors (Lipinski definition) is 3. The van der Waals surface area contributed by atoms with Crippen molar-refractivity contribution in [2.45, 2.75) is 6.42 Å². The van der Waals surface area contributed by atoms with Crippen LogP contribution in [0.15, 0.2) is 30.3 Å². The van der Waals surface area contributed by atoms with Crippen molar-refractivity contribution in [2.24, 2.45) is 5.92 Å². The van der Waals surface area contributed by atoms with Crippen molar-refractivity contribution < 1.29 is 14.8 Å². The minimum absolute atomic E-state index is 0.0259. The van der Waals surface area contributed by atoms with Crippen LogP contribution >= 0.6 is 0 Å². The molecule has 0 saturated carbocycles. The van der Waals surface area contributed by atoms with Gasteiger partial charge >= 0.3 is 0 Å². The molecule has 4 nitrogen and oxygen atoms in total. The van der Waals surface area contributed by atoms with E-state index in [1.165, 1.54) is 0 Å². The van der Waals surface area contributed by atoms with Gasteiger partial charge in [0.1, 0.15) is 0 Å². The molecule has 0 aromatic heterocycles. The van der Waals surface area contributed by atoms with Crippen LogP contribution in [0.3, 0.4) is 0 Å². The average Bonchev–Trinajstić information content (AvgIpc) is 2.29. The third-order valence-corrected chi connectivity index (χ3v) is 2.02. The molecule has 1 aromatic rings. The van der Waals surface area contributed by atoms with Crippen LogP contribution < -0.4 is 0 Å². The zero-order valence-electron chi connectivity index (χ0n) is 8.17. The number of carbonyl (C=O) groups is 1. The van der Waals surface area contributed by atoms with Crippen molar-refractivity contribution in [1.82, 2.24) is 5.06 Å². The molecule has 0 heterocycles. The van der Waals surface area contributed by atoms with E-state index in [0.717, 1.165) is 5.56 Å². The van der Waals surface area contributed by atoms with E-state index in [0.29, 0.717) is 11.5 Å². The van der Waals surface area contributed by atoms with Crippen LogP contribution in [0.2, 0.25) is 0 Å². The highest BCUT2D eigenvalue weighted by atomic mass is 16.5. The smallest absolute Gasteiger partial charge is 0.233 e. The molecule has 1 radical (unpaired) electrons. The van der Waals surface area contributed by atoms with E-state index >= 15 is 0 Å². The lowest BCUT2D eigenvalue weighted by Gasteiger charge is -2.13. The standard InChI is InChI=1S/C11H12NO3/c13-8-11(7-12(15)9-14)6-10-4-2-1-3-5-10/h1-5,9,11,15H,6-7H2. The molecule has 1 amide bonds. The average molecular weight is 206 g/mol. The Morgan fingerprint density at radius 1 is 1.40 bits per heavy atom. The molecule has 15 heavy (non-hydrogen) atoms. The molecule has 0 aliphatic heterocycles. The number of rotatable bonds is 6. The van der Waals surface area contributed by atoms with E-state index in [2.05, 4.69) is 0 Å². The van der Waals surface area contributed by atoms with Crippen molar-refractivity contribution in [3.63, 3.8) is 0 Å². The summed E-state index contributed by atoms with van der Waals surface area (Å²) in [5.74, 6) is -0.498. The van der Waals surface area contributed by atoms with E-state index in [1.54, 1.807) is 6.29 Å². The zero-order valence-corrected chi connectivity index (χ0v) is 8.17. The Labute approximate surface area is 88.1 Å². The summed E-state index contributed by atoms with van der Waals surface area (Å²) in [5, 5.41) is 9.38. The Bertz CT molecular complexity index is 313. The molecule has 1 unspecified atom stereocenters. The Morgan fingerprint density at radius 3 is 2.60 bits per heavy atom. The maximum atomic E-state index is 10.6. The van der Waals surface area contributed by atoms with Gasteiger partial charge in [-0.2, -0.15) is 0 Å². The molecule has 0 bridgehead atoms. The van der Waals surface area contributed by atoms with Crippen molar-refractivity contribution in [2.75, 3.05) is 6.54 Å². The molecule has 4 heteroatoms. The third-order valence-electron chi connectivity index (χ3n) is 2.02. The van der Waals surface area contributed by atoms with Crippen LogP contribution in [-0.4, -0.2) is 29.5 Å². The van der Waals surface area contributed by atoms with Crippen LogP contribution in [-0.2, 0) is 16.0 Å². The summed E-state index contributed by atoms with van der Waals surface area (Å²) in [5.41, 5.74) is 0.977. The van der Waals surface area contributed by atoms with E-state index in [4.69, 9.17) is 5.21 Å². The van der Waals surface area contributed by atoms with Gasteiger partial charge in [0.15, 0.2) is 0 Å². The zero-order chi connectivity index (χ0) is 11.1. The van der Waals surface area contributed by atoms with Gasteiger partial charge in [0.25, 0.3) is 0 Å². The molecule has 0 saturated heterocycles. The lowest BCUT2D eigenvalue weighted by atomic mass is 10.0. The maximum Gasteiger partial charge on any atom is 0.233 e. The highest BCUT2D eigenvalue weighted by Gasteiger charge is 2.12. The predicted molar refractivity (Wildman–Crippen MR) is 53.9 cm³/mol. The van der Waals surface area contributed by atoms with Crippen LogP contribution in [0.1, 0.15) is 5.56 Å². The minimum atomic E-state index is -0.498. The summed E-state index contributed by atoms with van der Waals surface area (Å²) in [7, 11) is 0. The fourth-order valence-electron chi connectivity index (χ4n) is 1.31. The molecule has 1 N–H and O–H groups in total. The Hall–Kier alpha value is -1.68. The molecule has 0 aliphatic rings. The quantitative estimate of drug-likeness (QED) is 0.425. The van der Waals surface area contributed by atoms with Gasteiger partial charge in [0, 0.05) is 5.92 Å². The normalized spacial score (nSPS) is 11.8. The van der Waals surface area contributed by atoms with Crippen molar-refractivity contribution >= 4 is 12.7 Å². The fraction of sp³-hybridized carbons (Fsp3) is 0.273. The van der Waals surface area contributed by atoms with Gasteiger partial charge in [-0.1, -0.05) is 30.3 Å². The van der Waals surface area contributed by atoms with Gasteiger partial charge < -0.3 is 0 Å². The lowest BCUT2D eigenvalue weighted by Crippen LogP contribution is -2.27. The molecule has 1 aromatic carbocycles. The third kappa shape index (κ3) is 3.91. The second kappa shape index (κ2) is 5.93. The van der Waals surface area contributed by atoms with E-state index < -0.39 is 5.92 Å². The van der Waals surface area contributed by atoms with Crippen molar-refractivity contribution in [3.05, 3.63) is 35.9 Å². The highest BCUT2D eigenvalue weighted by Crippen LogP contribution is 2.07. The molecule has 79 valence electrons. The molecule has 0 spiro atoms. The lowest BCUT2D eigenvalue weighted by molar-refractivity contribution is -0.150. The molecular weight excluding hydrogens is 194 g/mol. The number of nitrogens with zero attached hydrogens (tertiary/aromatic N) is 1. The van der Waals surface area contributed by atoms with Gasteiger partial charge in [0.2, 0.25) is 12.7 Å². The van der Waals surface area contributed by atoms with Crippen LogP contribution in [0.25, 0.3) is 0 Å². The summed E-state index contributed by atoms with van der Waals surface area (Å²) in [6, 6.07) is 9.38. The van der Waals surface area contributed by atoms with Crippen LogP contribution in [0.5, 0.6) is 0 Å². The van der Waals surface area contributed by atoms with Gasteiger partial charge in [0.05, 0.1) is 6.54 Å². The first kappa shape index (κ1) is 11.4. The number of amides is 1. The summed E-state index contributed by atoms with van der Waals surface area (Å²) < 4.78 is 0. The summed E-state index contributed by atoms with van der Waals surface area (Å²) in [4.78, 5) is 20.7. The van der Waals surface area contributed by atoms with E-state index in [-0.39, 0.29) is 13.0 Å². The molecular formula is C11H12NO3. The van der Waals surface area contributed by atoms with Crippen molar-refractivity contribution in [1.29, 1.82) is 0 Å². The largest absolute Gasteiger partial charge is 0.290 e.